The Labute approximate surface area is 104 Å². The molecule has 1 heterocycles. The van der Waals surface area contributed by atoms with E-state index in [1.165, 1.54) is 11.8 Å². The van der Waals surface area contributed by atoms with Crippen molar-refractivity contribution in [1.29, 1.82) is 0 Å². The Kier molecular flexibility index (Phi) is 3.59. The molecule has 0 aromatic heterocycles. The number of rotatable bonds is 3. The Morgan fingerprint density at radius 1 is 1.59 bits per heavy atom. The van der Waals surface area contributed by atoms with Crippen LogP contribution in [0.4, 0.5) is 0 Å². The lowest BCUT2D eigenvalue weighted by Crippen LogP contribution is -2.21. The number of nitrogens with one attached hydrogen (secondary N) is 1. The van der Waals surface area contributed by atoms with Crippen molar-refractivity contribution in [1.82, 2.24) is 5.32 Å². The summed E-state index contributed by atoms with van der Waals surface area (Å²) in [6.07, 6.45) is 0. The van der Waals surface area contributed by atoms with Gasteiger partial charge in [0.15, 0.2) is 0 Å². The average Bonchev–Trinajstić information content (AvgIpc) is 2.79. The number of aryl methyl sites for hydroxylation is 1. The molecule has 1 aliphatic rings. The highest BCUT2D eigenvalue weighted by atomic mass is 32.2. The number of ether oxygens (including phenoxy) is 1. The first-order valence-corrected chi connectivity index (χ1v) is 6.32. The van der Waals surface area contributed by atoms with Gasteiger partial charge in [-0.15, -0.1) is 11.8 Å². The van der Waals surface area contributed by atoms with Crippen molar-refractivity contribution >= 4 is 17.7 Å². The lowest BCUT2D eigenvalue weighted by molar-refractivity contribution is -0.136. The maximum atomic E-state index is 10.9. The Morgan fingerprint density at radius 2 is 2.35 bits per heavy atom. The van der Waals surface area contributed by atoms with Crippen LogP contribution in [0.5, 0.6) is 5.75 Å². The summed E-state index contributed by atoms with van der Waals surface area (Å²) in [5.41, 5.74) is 2.13. The molecule has 17 heavy (non-hydrogen) atoms. The number of hydrogen-bond acceptors (Lipinski definition) is 4. The highest BCUT2D eigenvalue weighted by molar-refractivity contribution is 8.01. The predicted molar refractivity (Wildman–Crippen MR) is 67.5 cm³/mol. The molecule has 0 spiro atoms. The molecule has 2 atom stereocenters. The average molecular weight is 253 g/mol. The van der Waals surface area contributed by atoms with Crippen LogP contribution < -0.4 is 10.1 Å². The number of aliphatic carboxylic acids is 1. The van der Waals surface area contributed by atoms with E-state index in [1.54, 1.807) is 7.11 Å². The molecular weight excluding hydrogens is 238 g/mol. The molecule has 5 heteroatoms. The maximum Gasteiger partial charge on any atom is 0.318 e. The van der Waals surface area contributed by atoms with Crippen LogP contribution >= 0.6 is 11.8 Å². The quantitative estimate of drug-likeness (QED) is 0.860. The van der Waals surface area contributed by atoms with Gasteiger partial charge in [0.1, 0.15) is 11.0 Å². The molecule has 2 N–H and O–H groups in total. The first-order valence-electron chi connectivity index (χ1n) is 5.38. The van der Waals surface area contributed by atoms with E-state index in [0.29, 0.717) is 6.54 Å². The molecule has 2 rings (SSSR count). The molecule has 0 aliphatic carbocycles. The van der Waals surface area contributed by atoms with Crippen LogP contribution in [-0.4, -0.2) is 30.0 Å². The van der Waals surface area contributed by atoms with E-state index in [4.69, 9.17) is 9.84 Å². The van der Waals surface area contributed by atoms with Crippen LogP contribution in [0.25, 0.3) is 0 Å². The highest BCUT2D eigenvalue weighted by Crippen LogP contribution is 2.36. The number of benzene rings is 1. The van der Waals surface area contributed by atoms with Gasteiger partial charge in [0.25, 0.3) is 0 Å². The van der Waals surface area contributed by atoms with Crippen LogP contribution in [0.3, 0.4) is 0 Å². The van der Waals surface area contributed by atoms with Crippen molar-refractivity contribution in [2.45, 2.75) is 17.5 Å². The van der Waals surface area contributed by atoms with E-state index in [2.05, 4.69) is 5.32 Å². The molecule has 0 radical (unpaired) electrons. The molecule has 1 fully saturated rings. The van der Waals surface area contributed by atoms with Gasteiger partial charge in [0.05, 0.1) is 12.5 Å². The minimum Gasteiger partial charge on any atom is -0.496 e. The van der Waals surface area contributed by atoms with Crippen molar-refractivity contribution in [3.8, 4) is 5.75 Å². The molecule has 1 saturated heterocycles. The van der Waals surface area contributed by atoms with Crippen molar-refractivity contribution in [2.75, 3.05) is 13.7 Å². The van der Waals surface area contributed by atoms with Crippen LogP contribution in [-0.2, 0) is 4.79 Å². The molecule has 0 amide bonds. The third kappa shape index (κ3) is 2.56. The van der Waals surface area contributed by atoms with Gasteiger partial charge in [-0.05, 0) is 24.1 Å². The van der Waals surface area contributed by atoms with E-state index in [1.807, 2.05) is 25.1 Å². The standard InChI is InChI=1S/C12H15NO3S/c1-7-3-4-8(5-9(7)16-2)11-13-6-10(17-11)12(14)15/h3-5,10-11,13H,6H2,1-2H3,(H,14,15)/t10-,11-/m1/s1. The fraction of sp³-hybridized carbons (Fsp3) is 0.417. The van der Waals surface area contributed by atoms with E-state index < -0.39 is 5.97 Å². The summed E-state index contributed by atoms with van der Waals surface area (Å²) in [6, 6.07) is 5.96. The third-order valence-corrected chi connectivity index (χ3v) is 4.21. The zero-order valence-corrected chi connectivity index (χ0v) is 10.6. The second-order valence-corrected chi connectivity index (χ2v) is 5.29. The Hall–Kier alpha value is -1.20. The summed E-state index contributed by atoms with van der Waals surface area (Å²) in [5.74, 6) is 0.0766. The molecule has 1 aromatic rings. The van der Waals surface area contributed by atoms with Crippen molar-refractivity contribution in [3.63, 3.8) is 0 Å². The molecule has 0 bridgehead atoms. The smallest absolute Gasteiger partial charge is 0.318 e. The third-order valence-electron chi connectivity index (χ3n) is 2.80. The van der Waals surface area contributed by atoms with Gasteiger partial charge in [0.2, 0.25) is 0 Å². The summed E-state index contributed by atoms with van der Waals surface area (Å²) >= 11 is 1.43. The molecule has 0 saturated carbocycles. The van der Waals surface area contributed by atoms with Crippen LogP contribution in [0, 0.1) is 6.92 Å². The number of thioether (sulfide) groups is 1. The first-order chi connectivity index (χ1) is 8.11. The normalized spacial score (nSPS) is 23.6. The van der Waals surface area contributed by atoms with Gasteiger partial charge >= 0.3 is 5.97 Å². The minimum absolute atomic E-state index is 0.0330. The van der Waals surface area contributed by atoms with Gasteiger partial charge in [-0.1, -0.05) is 12.1 Å². The zero-order valence-electron chi connectivity index (χ0n) is 9.77. The maximum absolute atomic E-state index is 10.9. The lowest BCUT2D eigenvalue weighted by atomic mass is 10.1. The molecule has 1 aliphatic heterocycles. The first kappa shape index (κ1) is 12.3. The fourth-order valence-corrected chi connectivity index (χ4v) is 2.95. The van der Waals surface area contributed by atoms with E-state index in [0.717, 1.165) is 16.9 Å². The second-order valence-electron chi connectivity index (χ2n) is 3.98. The van der Waals surface area contributed by atoms with Crippen molar-refractivity contribution < 1.29 is 14.6 Å². The molecule has 0 unspecified atom stereocenters. The summed E-state index contributed by atoms with van der Waals surface area (Å²) in [6.45, 7) is 2.48. The topological polar surface area (TPSA) is 58.6 Å². The Balaban J connectivity index is 2.16. The predicted octanol–water partition coefficient (Wildman–Crippen LogP) is 1.79. The fourth-order valence-electron chi connectivity index (χ4n) is 1.82. The van der Waals surface area contributed by atoms with Crippen LogP contribution in [0.2, 0.25) is 0 Å². The van der Waals surface area contributed by atoms with Crippen molar-refractivity contribution in [3.05, 3.63) is 29.3 Å². The van der Waals surface area contributed by atoms with Gasteiger partial charge in [-0.25, -0.2) is 0 Å². The Morgan fingerprint density at radius 3 is 2.94 bits per heavy atom. The number of methoxy groups -OCH3 is 1. The minimum atomic E-state index is -0.760. The van der Waals surface area contributed by atoms with Crippen LogP contribution in [0.15, 0.2) is 18.2 Å². The summed E-state index contributed by atoms with van der Waals surface area (Å²) < 4.78 is 5.27. The second kappa shape index (κ2) is 4.98. The van der Waals surface area contributed by atoms with Gasteiger partial charge in [-0.3, -0.25) is 10.1 Å². The number of hydrogen-bond donors (Lipinski definition) is 2. The van der Waals surface area contributed by atoms with Crippen molar-refractivity contribution in [2.24, 2.45) is 0 Å². The van der Waals surface area contributed by atoms with E-state index in [9.17, 15) is 4.79 Å². The SMILES string of the molecule is COc1cc([C@@H]2NC[C@H](C(=O)O)S2)ccc1C. The highest BCUT2D eigenvalue weighted by Gasteiger charge is 2.30. The number of carbonyl (C=O) groups is 1. The molecular formula is C12H15NO3S. The molecule has 4 nitrogen and oxygen atoms in total. The summed E-state index contributed by atoms with van der Waals surface area (Å²) in [5, 5.41) is 11.8. The number of carboxylic acids is 1. The number of carboxylic acid groups (broad SMARTS) is 1. The van der Waals surface area contributed by atoms with Gasteiger partial charge in [-0.2, -0.15) is 0 Å². The lowest BCUT2D eigenvalue weighted by Gasteiger charge is -2.13. The van der Waals surface area contributed by atoms with E-state index in [-0.39, 0.29) is 10.6 Å². The largest absolute Gasteiger partial charge is 0.496 e. The molecule has 92 valence electrons. The monoisotopic (exact) mass is 253 g/mol. The Bertz CT molecular complexity index is 436. The van der Waals surface area contributed by atoms with E-state index >= 15 is 0 Å². The van der Waals surface area contributed by atoms with Gasteiger partial charge < -0.3 is 9.84 Å². The van der Waals surface area contributed by atoms with Crippen LogP contribution in [0.1, 0.15) is 16.5 Å². The van der Waals surface area contributed by atoms with Gasteiger partial charge in [0, 0.05) is 6.54 Å². The zero-order chi connectivity index (χ0) is 12.4. The molecule has 1 aromatic carbocycles. The summed E-state index contributed by atoms with van der Waals surface area (Å²) in [4.78, 5) is 10.9. The summed E-state index contributed by atoms with van der Waals surface area (Å²) in [7, 11) is 1.64.